The van der Waals surface area contributed by atoms with Crippen molar-refractivity contribution in [2.75, 3.05) is 18.6 Å². The number of aromatic nitrogens is 4. The molecule has 3 heterocycles. The maximum atomic E-state index is 13.4. The summed E-state index contributed by atoms with van der Waals surface area (Å²) < 4.78 is 9.93. The third-order valence-electron chi connectivity index (χ3n) is 6.00. The van der Waals surface area contributed by atoms with Crippen LogP contribution in [-0.2, 0) is 20.1 Å². The molecule has 0 bridgehead atoms. The molecule has 1 aliphatic heterocycles. The zero-order valence-electron chi connectivity index (χ0n) is 18.6. The van der Waals surface area contributed by atoms with Gasteiger partial charge >= 0.3 is 5.69 Å². The second-order valence-corrected chi connectivity index (χ2v) is 8.01. The van der Waals surface area contributed by atoms with Gasteiger partial charge in [0.1, 0.15) is 5.75 Å². The number of imidazole rings is 1. The zero-order valence-corrected chi connectivity index (χ0v) is 18.6. The molecule has 5 rings (SSSR count). The first kappa shape index (κ1) is 20.8. The van der Waals surface area contributed by atoms with Crippen LogP contribution in [0.4, 0.5) is 11.6 Å². The van der Waals surface area contributed by atoms with Crippen molar-refractivity contribution in [3.8, 4) is 5.75 Å². The standard InChI is InChI=1S/C25H25N5O3/c1-27-22-21(23(31)30(25(27)32)15-6-10-18-8-4-3-5-9-18)29-17-7-16-28(24(29)26-22)19-11-13-20(33-2)14-12-19/h3-6,8-14H,7,15-17H2,1-2H3/b10-6-. The summed E-state index contributed by atoms with van der Waals surface area (Å²) in [6.45, 7) is 1.64. The predicted molar refractivity (Wildman–Crippen MR) is 129 cm³/mol. The van der Waals surface area contributed by atoms with E-state index in [0.29, 0.717) is 23.7 Å². The van der Waals surface area contributed by atoms with Gasteiger partial charge < -0.3 is 14.2 Å². The zero-order chi connectivity index (χ0) is 22.9. The van der Waals surface area contributed by atoms with E-state index in [1.54, 1.807) is 14.2 Å². The van der Waals surface area contributed by atoms with Gasteiger partial charge in [0, 0.05) is 32.4 Å². The first-order valence-corrected chi connectivity index (χ1v) is 10.9. The molecular formula is C25H25N5O3. The predicted octanol–water partition coefficient (Wildman–Crippen LogP) is 3.16. The smallest absolute Gasteiger partial charge is 0.332 e. The molecule has 0 saturated heterocycles. The van der Waals surface area contributed by atoms with Crippen LogP contribution < -0.4 is 20.9 Å². The highest BCUT2D eigenvalue weighted by Gasteiger charge is 2.26. The van der Waals surface area contributed by atoms with Crippen LogP contribution in [0.5, 0.6) is 5.75 Å². The van der Waals surface area contributed by atoms with Crippen LogP contribution in [0.3, 0.4) is 0 Å². The Kier molecular flexibility index (Phi) is 5.34. The van der Waals surface area contributed by atoms with E-state index in [4.69, 9.17) is 9.72 Å². The Bertz CT molecular complexity index is 1450. The second-order valence-electron chi connectivity index (χ2n) is 8.01. The Morgan fingerprint density at radius 1 is 1.03 bits per heavy atom. The van der Waals surface area contributed by atoms with Crippen molar-refractivity contribution in [3.05, 3.63) is 87.1 Å². The third kappa shape index (κ3) is 3.63. The molecule has 0 atom stereocenters. The number of fused-ring (bicyclic) bond motifs is 3. The van der Waals surface area contributed by atoms with Crippen LogP contribution in [-0.4, -0.2) is 32.3 Å². The van der Waals surface area contributed by atoms with E-state index in [9.17, 15) is 9.59 Å². The van der Waals surface area contributed by atoms with Crippen molar-refractivity contribution in [3.63, 3.8) is 0 Å². The summed E-state index contributed by atoms with van der Waals surface area (Å²) >= 11 is 0. The van der Waals surface area contributed by atoms with Gasteiger partial charge in [0.15, 0.2) is 11.2 Å². The number of ether oxygens (including phenoxy) is 1. The summed E-state index contributed by atoms with van der Waals surface area (Å²) in [5.74, 6) is 1.45. The van der Waals surface area contributed by atoms with Crippen LogP contribution in [0.1, 0.15) is 12.0 Å². The van der Waals surface area contributed by atoms with Gasteiger partial charge in [-0.3, -0.25) is 13.9 Å². The van der Waals surface area contributed by atoms with Crippen molar-refractivity contribution in [2.45, 2.75) is 19.5 Å². The van der Waals surface area contributed by atoms with Crippen LogP contribution in [0.15, 0.2) is 70.3 Å². The molecule has 8 nitrogen and oxygen atoms in total. The number of anilines is 2. The fourth-order valence-corrected chi connectivity index (χ4v) is 4.29. The quantitative estimate of drug-likeness (QED) is 0.474. The Labute approximate surface area is 190 Å². The molecule has 0 unspecified atom stereocenters. The number of hydrogen-bond acceptors (Lipinski definition) is 5. The highest BCUT2D eigenvalue weighted by Crippen LogP contribution is 2.31. The first-order valence-electron chi connectivity index (χ1n) is 10.9. The minimum atomic E-state index is -0.378. The number of rotatable bonds is 5. The molecule has 8 heteroatoms. The number of nitrogens with zero attached hydrogens (tertiary/aromatic N) is 5. The van der Waals surface area contributed by atoms with Crippen molar-refractivity contribution in [1.82, 2.24) is 18.7 Å². The van der Waals surface area contributed by atoms with E-state index in [1.807, 2.05) is 71.3 Å². The third-order valence-corrected chi connectivity index (χ3v) is 6.00. The number of benzene rings is 2. The summed E-state index contributed by atoms with van der Waals surface area (Å²) in [5, 5.41) is 0. The maximum absolute atomic E-state index is 13.4. The Morgan fingerprint density at radius 3 is 2.52 bits per heavy atom. The van der Waals surface area contributed by atoms with Crippen molar-refractivity contribution in [1.29, 1.82) is 0 Å². The number of methoxy groups -OCH3 is 1. The molecular weight excluding hydrogens is 418 g/mol. The lowest BCUT2D eigenvalue weighted by Gasteiger charge is -2.29. The summed E-state index contributed by atoms with van der Waals surface area (Å²) in [5.41, 5.74) is 2.14. The number of aryl methyl sites for hydroxylation is 2. The lowest BCUT2D eigenvalue weighted by molar-refractivity contribution is 0.415. The Balaban J connectivity index is 1.58. The fraction of sp³-hybridized carbons (Fsp3) is 0.240. The SMILES string of the molecule is COc1ccc(N2CCCn3c2nc2c3c(=O)n(C/C=C\c3ccccc3)c(=O)n2C)cc1. The topological polar surface area (TPSA) is 74.3 Å². The van der Waals surface area contributed by atoms with Gasteiger partial charge in [-0.1, -0.05) is 42.5 Å². The normalized spacial score (nSPS) is 13.6. The average molecular weight is 444 g/mol. The molecule has 2 aromatic heterocycles. The lowest BCUT2D eigenvalue weighted by atomic mass is 10.2. The van der Waals surface area contributed by atoms with Crippen LogP contribution in [0.25, 0.3) is 17.2 Å². The van der Waals surface area contributed by atoms with Gasteiger partial charge in [0.05, 0.1) is 7.11 Å². The molecule has 4 aromatic rings. The van der Waals surface area contributed by atoms with Gasteiger partial charge in [0.25, 0.3) is 5.56 Å². The molecule has 0 aliphatic carbocycles. The highest BCUT2D eigenvalue weighted by molar-refractivity contribution is 5.77. The van der Waals surface area contributed by atoms with Crippen LogP contribution in [0, 0.1) is 0 Å². The Hall–Kier alpha value is -4.07. The van der Waals surface area contributed by atoms with E-state index in [-0.39, 0.29) is 17.8 Å². The molecule has 0 radical (unpaired) electrons. The minimum Gasteiger partial charge on any atom is -0.497 e. The van der Waals surface area contributed by atoms with Gasteiger partial charge in [-0.2, -0.15) is 4.98 Å². The van der Waals surface area contributed by atoms with E-state index in [2.05, 4.69) is 4.90 Å². The summed E-state index contributed by atoms with van der Waals surface area (Å²) in [6, 6.07) is 17.5. The van der Waals surface area contributed by atoms with Crippen LogP contribution >= 0.6 is 0 Å². The maximum Gasteiger partial charge on any atom is 0.332 e. The summed E-state index contributed by atoms with van der Waals surface area (Å²) in [4.78, 5) is 33.2. The molecule has 0 saturated carbocycles. The summed E-state index contributed by atoms with van der Waals surface area (Å²) in [7, 11) is 3.30. The monoisotopic (exact) mass is 443 g/mol. The fourth-order valence-electron chi connectivity index (χ4n) is 4.29. The van der Waals surface area contributed by atoms with Gasteiger partial charge in [-0.05, 0) is 36.2 Å². The van der Waals surface area contributed by atoms with Gasteiger partial charge in [0.2, 0.25) is 5.95 Å². The van der Waals surface area contributed by atoms with E-state index < -0.39 is 0 Å². The molecule has 0 spiro atoms. The largest absolute Gasteiger partial charge is 0.497 e. The van der Waals surface area contributed by atoms with Crippen LogP contribution in [0.2, 0.25) is 0 Å². The van der Waals surface area contributed by atoms with E-state index in [1.165, 1.54) is 9.13 Å². The second kappa shape index (κ2) is 8.46. The van der Waals surface area contributed by atoms with Crippen molar-refractivity contribution >= 4 is 28.9 Å². The van der Waals surface area contributed by atoms with E-state index in [0.717, 1.165) is 30.0 Å². The molecule has 168 valence electrons. The van der Waals surface area contributed by atoms with Gasteiger partial charge in [-0.15, -0.1) is 0 Å². The summed E-state index contributed by atoms with van der Waals surface area (Å²) in [6.07, 6.45) is 4.61. The van der Waals surface area contributed by atoms with Crippen molar-refractivity contribution < 1.29 is 4.74 Å². The Morgan fingerprint density at radius 2 is 1.79 bits per heavy atom. The average Bonchev–Trinajstić information content (AvgIpc) is 3.26. The van der Waals surface area contributed by atoms with Crippen molar-refractivity contribution in [2.24, 2.45) is 7.05 Å². The molecule has 1 aliphatic rings. The molecule has 33 heavy (non-hydrogen) atoms. The number of allylic oxidation sites excluding steroid dienone is 1. The number of hydrogen-bond donors (Lipinski definition) is 0. The lowest BCUT2D eigenvalue weighted by Crippen LogP contribution is -2.39. The van der Waals surface area contributed by atoms with Gasteiger partial charge in [-0.25, -0.2) is 4.79 Å². The van der Waals surface area contributed by atoms with E-state index >= 15 is 0 Å². The minimum absolute atomic E-state index is 0.194. The first-order chi connectivity index (χ1) is 16.1. The highest BCUT2D eigenvalue weighted by atomic mass is 16.5. The molecule has 0 fully saturated rings. The molecule has 0 amide bonds. The molecule has 0 N–H and O–H groups in total. The molecule has 2 aromatic carbocycles.